The maximum Gasteiger partial charge on any atom is 0.260 e. The van der Waals surface area contributed by atoms with Crippen molar-refractivity contribution < 1.29 is 14.4 Å². The summed E-state index contributed by atoms with van der Waals surface area (Å²) < 4.78 is 6.63. The van der Waals surface area contributed by atoms with E-state index in [0.717, 1.165) is 49.1 Å². The number of rotatable bonds is 5. The van der Waals surface area contributed by atoms with Gasteiger partial charge in [0, 0.05) is 5.56 Å². The van der Waals surface area contributed by atoms with E-state index < -0.39 is 0 Å². The molecule has 1 amide bonds. The summed E-state index contributed by atoms with van der Waals surface area (Å²) in [4.78, 5) is 21.5. The van der Waals surface area contributed by atoms with Gasteiger partial charge >= 0.3 is 0 Å². The number of ether oxygens (including phenoxy) is 1. The van der Waals surface area contributed by atoms with E-state index in [2.05, 4.69) is 26.0 Å². The maximum atomic E-state index is 13.3. The first-order valence-electron chi connectivity index (χ1n) is 9.78. The van der Waals surface area contributed by atoms with Gasteiger partial charge in [0.2, 0.25) is 0 Å². The summed E-state index contributed by atoms with van der Waals surface area (Å²) >= 11 is 1.62. The first kappa shape index (κ1) is 19.1. The lowest BCUT2D eigenvalue weighted by Gasteiger charge is -2.27. The number of anilines is 1. The molecule has 6 heteroatoms. The number of morpholine rings is 1. The lowest BCUT2D eigenvalue weighted by atomic mass is 10.1. The van der Waals surface area contributed by atoms with Gasteiger partial charge in [-0.2, -0.15) is 0 Å². The van der Waals surface area contributed by atoms with Gasteiger partial charge in [-0.05, 0) is 37.1 Å². The van der Waals surface area contributed by atoms with Crippen LogP contribution in [0.3, 0.4) is 0 Å². The van der Waals surface area contributed by atoms with Gasteiger partial charge in [0.05, 0.1) is 36.5 Å². The fourth-order valence-electron chi connectivity index (χ4n) is 3.56. The number of fused-ring (bicyclic) bond motifs is 1. The minimum absolute atomic E-state index is 0.0163. The second-order valence-corrected chi connectivity index (χ2v) is 8.29. The molecule has 28 heavy (non-hydrogen) atoms. The molecule has 5 nitrogen and oxygen atoms in total. The average molecular weight is 397 g/mol. The summed E-state index contributed by atoms with van der Waals surface area (Å²) in [6.45, 7) is 9.30. The van der Waals surface area contributed by atoms with Crippen LogP contribution in [0.15, 0.2) is 42.5 Å². The molecular formula is C22H26N3O2S+. The Hall–Kier alpha value is -2.28. The molecule has 0 unspecified atom stereocenters. The van der Waals surface area contributed by atoms with Crippen LogP contribution in [0, 0.1) is 13.8 Å². The predicted octanol–water partition coefficient (Wildman–Crippen LogP) is 2.48. The molecule has 4 rings (SSSR count). The van der Waals surface area contributed by atoms with Gasteiger partial charge in [0.25, 0.3) is 5.91 Å². The summed E-state index contributed by atoms with van der Waals surface area (Å²) in [7, 11) is 0. The number of benzene rings is 2. The van der Waals surface area contributed by atoms with Crippen molar-refractivity contribution in [3.8, 4) is 0 Å². The number of thiazole rings is 1. The second kappa shape index (κ2) is 8.39. The van der Waals surface area contributed by atoms with Gasteiger partial charge in [-0.15, -0.1) is 0 Å². The van der Waals surface area contributed by atoms with Crippen LogP contribution in [-0.2, 0) is 4.74 Å². The Bertz CT molecular complexity index is 926. The van der Waals surface area contributed by atoms with E-state index in [-0.39, 0.29) is 5.91 Å². The molecule has 0 atom stereocenters. The van der Waals surface area contributed by atoms with Crippen molar-refractivity contribution >= 4 is 32.6 Å². The number of amides is 1. The largest absolute Gasteiger partial charge is 0.370 e. The first-order chi connectivity index (χ1) is 13.6. The van der Waals surface area contributed by atoms with E-state index >= 15 is 0 Å². The molecule has 1 fully saturated rings. The van der Waals surface area contributed by atoms with Crippen LogP contribution in [0.4, 0.5) is 5.13 Å². The Morgan fingerprint density at radius 1 is 1.11 bits per heavy atom. The van der Waals surface area contributed by atoms with Crippen molar-refractivity contribution in [2.24, 2.45) is 0 Å². The van der Waals surface area contributed by atoms with E-state index in [1.807, 2.05) is 35.2 Å². The Balaban J connectivity index is 1.66. The first-order valence-corrected chi connectivity index (χ1v) is 10.6. The maximum absolute atomic E-state index is 13.3. The zero-order chi connectivity index (χ0) is 19.5. The molecule has 1 aliphatic heterocycles. The predicted molar refractivity (Wildman–Crippen MR) is 114 cm³/mol. The van der Waals surface area contributed by atoms with Gasteiger partial charge < -0.3 is 9.64 Å². The molecule has 1 N–H and O–H groups in total. The van der Waals surface area contributed by atoms with E-state index in [1.54, 1.807) is 11.3 Å². The van der Waals surface area contributed by atoms with Crippen molar-refractivity contribution in [2.75, 3.05) is 44.3 Å². The third-order valence-electron chi connectivity index (χ3n) is 5.32. The molecular weight excluding hydrogens is 370 g/mol. The number of carbonyl (C=O) groups is 1. The number of nitrogens with zero attached hydrogens (tertiary/aromatic N) is 2. The zero-order valence-electron chi connectivity index (χ0n) is 16.4. The minimum Gasteiger partial charge on any atom is -0.370 e. The van der Waals surface area contributed by atoms with Crippen LogP contribution in [0.2, 0.25) is 0 Å². The van der Waals surface area contributed by atoms with Crippen molar-refractivity contribution in [3.05, 3.63) is 59.2 Å². The van der Waals surface area contributed by atoms with Crippen LogP contribution in [0.25, 0.3) is 10.2 Å². The number of aromatic nitrogens is 1. The lowest BCUT2D eigenvalue weighted by molar-refractivity contribution is -0.906. The molecule has 0 aliphatic carbocycles. The highest BCUT2D eigenvalue weighted by molar-refractivity contribution is 7.22. The molecule has 1 saturated heterocycles. The molecule has 1 aromatic heterocycles. The van der Waals surface area contributed by atoms with Gasteiger partial charge in [0.15, 0.2) is 5.13 Å². The summed E-state index contributed by atoms with van der Waals surface area (Å²) in [6.07, 6.45) is 0. The van der Waals surface area contributed by atoms with E-state index in [9.17, 15) is 4.79 Å². The molecule has 3 aromatic rings. The quantitative estimate of drug-likeness (QED) is 0.721. The van der Waals surface area contributed by atoms with Crippen LogP contribution < -0.4 is 9.80 Å². The standard InChI is InChI=1S/C22H25N3O2S/c1-16-8-9-17(2)20-19(16)23-22(28-20)25(11-10-24-12-14-27-15-13-24)21(26)18-6-4-3-5-7-18/h3-9H,10-15H2,1-2H3/p+1. The highest BCUT2D eigenvalue weighted by Gasteiger charge is 2.24. The topological polar surface area (TPSA) is 46.9 Å². The zero-order valence-corrected chi connectivity index (χ0v) is 17.2. The van der Waals surface area contributed by atoms with E-state index in [0.29, 0.717) is 12.1 Å². The van der Waals surface area contributed by atoms with Crippen molar-refractivity contribution in [3.63, 3.8) is 0 Å². The minimum atomic E-state index is 0.0163. The molecule has 2 heterocycles. The fourth-order valence-corrected chi connectivity index (χ4v) is 4.70. The summed E-state index contributed by atoms with van der Waals surface area (Å²) in [5.74, 6) is 0.0163. The lowest BCUT2D eigenvalue weighted by Crippen LogP contribution is -3.14. The van der Waals surface area contributed by atoms with Crippen LogP contribution in [0.1, 0.15) is 21.5 Å². The summed E-state index contributed by atoms with van der Waals surface area (Å²) in [6, 6.07) is 13.7. The molecule has 0 radical (unpaired) electrons. The molecule has 146 valence electrons. The normalized spacial score (nSPS) is 15.1. The highest BCUT2D eigenvalue weighted by atomic mass is 32.1. The van der Waals surface area contributed by atoms with Crippen molar-refractivity contribution in [1.29, 1.82) is 0 Å². The van der Waals surface area contributed by atoms with Crippen molar-refractivity contribution in [2.45, 2.75) is 13.8 Å². The Kier molecular flexibility index (Phi) is 5.71. The second-order valence-electron chi connectivity index (χ2n) is 7.31. The van der Waals surface area contributed by atoms with E-state index in [1.165, 1.54) is 15.2 Å². The smallest absolute Gasteiger partial charge is 0.260 e. The van der Waals surface area contributed by atoms with E-state index in [4.69, 9.17) is 9.72 Å². The molecule has 0 bridgehead atoms. The number of aryl methyl sites for hydroxylation is 2. The van der Waals surface area contributed by atoms with Gasteiger partial charge in [0.1, 0.15) is 13.1 Å². The Morgan fingerprint density at radius 3 is 2.54 bits per heavy atom. The fraction of sp³-hybridized carbons (Fsp3) is 0.364. The van der Waals surface area contributed by atoms with Crippen LogP contribution in [-0.4, -0.2) is 50.3 Å². The molecule has 0 spiro atoms. The highest BCUT2D eigenvalue weighted by Crippen LogP contribution is 2.33. The number of quaternary nitrogens is 1. The number of nitrogens with one attached hydrogen (secondary N) is 1. The number of hydrogen-bond donors (Lipinski definition) is 1. The third kappa shape index (κ3) is 3.94. The summed E-state index contributed by atoms with van der Waals surface area (Å²) in [5.41, 5.74) is 4.06. The Morgan fingerprint density at radius 2 is 1.82 bits per heavy atom. The molecule has 1 aliphatic rings. The summed E-state index contributed by atoms with van der Waals surface area (Å²) in [5, 5.41) is 0.786. The number of carbonyl (C=O) groups excluding carboxylic acids is 1. The SMILES string of the molecule is Cc1ccc(C)c2sc(N(CC[NH+]3CCOCC3)C(=O)c3ccccc3)nc12. The average Bonchev–Trinajstić information content (AvgIpc) is 3.19. The van der Waals surface area contributed by atoms with Crippen molar-refractivity contribution in [1.82, 2.24) is 4.98 Å². The van der Waals surface area contributed by atoms with Gasteiger partial charge in [-0.25, -0.2) is 4.98 Å². The molecule has 2 aromatic carbocycles. The van der Waals surface area contributed by atoms with Crippen LogP contribution in [0.5, 0.6) is 0 Å². The third-order valence-corrected chi connectivity index (χ3v) is 6.53. The van der Waals surface area contributed by atoms with Gasteiger partial charge in [-0.1, -0.05) is 41.7 Å². The Labute approximate surface area is 169 Å². The monoisotopic (exact) mass is 396 g/mol. The van der Waals surface area contributed by atoms with Gasteiger partial charge in [-0.3, -0.25) is 9.69 Å². The number of hydrogen-bond acceptors (Lipinski definition) is 4. The molecule has 0 saturated carbocycles. The van der Waals surface area contributed by atoms with Crippen LogP contribution >= 0.6 is 11.3 Å².